The molecule has 3 aromatic heterocycles. The highest BCUT2D eigenvalue weighted by Gasteiger charge is 2.38. The number of alkyl halides is 3. The predicted molar refractivity (Wildman–Crippen MR) is 132 cm³/mol. The number of H-pyrrole nitrogens is 1. The Morgan fingerprint density at radius 2 is 1.87 bits per heavy atom. The van der Waals surface area contributed by atoms with E-state index in [-0.39, 0.29) is 17.5 Å². The van der Waals surface area contributed by atoms with Crippen LogP contribution in [0.25, 0.3) is 38.9 Å². The van der Waals surface area contributed by atoms with Gasteiger partial charge in [-0.3, -0.25) is 0 Å². The number of rotatable bonds is 2. The molecular weight excluding hydrogens is 508 g/mol. The number of benzene rings is 2. The molecule has 0 spiro atoms. The Balaban J connectivity index is 0.000000374. The zero-order valence-corrected chi connectivity index (χ0v) is 20.0. The van der Waals surface area contributed by atoms with Crippen LogP contribution in [0.15, 0.2) is 53.5 Å². The number of aromatic amines is 1. The topological polar surface area (TPSA) is 124 Å². The molecule has 2 aromatic carbocycles. The zero-order chi connectivity index (χ0) is 27.4. The van der Waals surface area contributed by atoms with Crippen LogP contribution in [0.5, 0.6) is 0 Å². The lowest BCUT2D eigenvalue weighted by atomic mass is 10.0. The number of carboxylic acid groups (broad SMARTS) is 1. The molecule has 198 valence electrons. The Kier molecular flexibility index (Phi) is 6.10. The summed E-state index contributed by atoms with van der Waals surface area (Å²) in [6.07, 6.45) is -1.64. The monoisotopic (exact) mass is 530 g/mol. The molecule has 0 aliphatic carbocycles. The average molecular weight is 530 g/mol. The van der Waals surface area contributed by atoms with Crippen molar-refractivity contribution >= 4 is 27.8 Å². The molecule has 0 fully saturated rings. The van der Waals surface area contributed by atoms with Crippen molar-refractivity contribution in [2.75, 3.05) is 0 Å². The fourth-order valence-corrected chi connectivity index (χ4v) is 4.92. The number of hydrogen-bond acceptors (Lipinski definition) is 4. The van der Waals surface area contributed by atoms with Crippen LogP contribution in [0.1, 0.15) is 12.1 Å². The summed E-state index contributed by atoms with van der Waals surface area (Å²) in [5, 5.41) is 15.8. The van der Waals surface area contributed by atoms with E-state index >= 15 is 0 Å². The summed E-state index contributed by atoms with van der Waals surface area (Å²) >= 11 is 0. The second kappa shape index (κ2) is 9.17. The highest BCUT2D eigenvalue weighted by molar-refractivity contribution is 5.96. The lowest BCUT2D eigenvalue weighted by Crippen LogP contribution is -2.31. The van der Waals surface area contributed by atoms with Gasteiger partial charge in [-0.1, -0.05) is 18.2 Å². The van der Waals surface area contributed by atoms with Gasteiger partial charge in [0.15, 0.2) is 5.82 Å². The normalized spacial score (nSPS) is 15.4. The maximum atomic E-state index is 14.1. The van der Waals surface area contributed by atoms with Gasteiger partial charge >= 0.3 is 17.8 Å². The molecule has 1 aliphatic rings. The molecule has 9 nitrogen and oxygen atoms in total. The van der Waals surface area contributed by atoms with Gasteiger partial charge in [-0.15, -0.1) is 0 Å². The molecule has 0 saturated heterocycles. The summed E-state index contributed by atoms with van der Waals surface area (Å²) in [4.78, 5) is 22.0. The second-order valence-corrected chi connectivity index (χ2v) is 9.02. The van der Waals surface area contributed by atoms with Gasteiger partial charge < -0.3 is 20.0 Å². The van der Waals surface area contributed by atoms with Crippen molar-refractivity contribution in [2.24, 2.45) is 12.8 Å². The van der Waals surface area contributed by atoms with Crippen LogP contribution in [-0.2, 0) is 24.8 Å². The van der Waals surface area contributed by atoms with Crippen LogP contribution in [-0.4, -0.2) is 47.2 Å². The molecule has 1 atom stereocenters. The van der Waals surface area contributed by atoms with E-state index in [1.54, 1.807) is 10.6 Å². The summed E-state index contributed by atoms with van der Waals surface area (Å²) < 4.78 is 51.6. The first-order valence-electron chi connectivity index (χ1n) is 11.6. The van der Waals surface area contributed by atoms with E-state index in [4.69, 9.17) is 15.6 Å². The predicted octanol–water partition coefficient (Wildman–Crippen LogP) is 3.72. The third-order valence-electron chi connectivity index (χ3n) is 6.56. The summed E-state index contributed by atoms with van der Waals surface area (Å²) in [6, 6.07) is 12.7. The number of fused-ring (bicyclic) bond motifs is 4. The lowest BCUT2D eigenvalue weighted by molar-refractivity contribution is -0.192. The minimum atomic E-state index is -5.08. The lowest BCUT2D eigenvalue weighted by Gasteiger charge is -2.22. The Labute approximate surface area is 211 Å². The van der Waals surface area contributed by atoms with Crippen molar-refractivity contribution in [3.63, 3.8) is 0 Å². The summed E-state index contributed by atoms with van der Waals surface area (Å²) in [5.41, 5.74) is 10.4. The summed E-state index contributed by atoms with van der Waals surface area (Å²) in [6.45, 7) is 0.804. The minimum Gasteiger partial charge on any atom is -0.475 e. The SMILES string of the molecule is Cn1cc(-c2n[nH]c(=O)n2-c2c3n(c4ccccc24)CCC(N)C3)c2cc(F)ccc21.O=C(O)C(F)(F)F. The molecule has 0 radical (unpaired) electrons. The fourth-order valence-electron chi connectivity index (χ4n) is 4.92. The van der Waals surface area contributed by atoms with Gasteiger partial charge in [0, 0.05) is 59.8 Å². The smallest absolute Gasteiger partial charge is 0.475 e. The van der Waals surface area contributed by atoms with Gasteiger partial charge in [-0.2, -0.15) is 18.3 Å². The highest BCUT2D eigenvalue weighted by Crippen LogP contribution is 2.36. The quantitative estimate of drug-likeness (QED) is 0.300. The number of carboxylic acids is 1. The minimum absolute atomic E-state index is 0.0354. The third kappa shape index (κ3) is 4.24. The molecule has 38 heavy (non-hydrogen) atoms. The molecule has 0 amide bonds. The zero-order valence-electron chi connectivity index (χ0n) is 20.0. The molecule has 1 aliphatic heterocycles. The van der Waals surface area contributed by atoms with Crippen molar-refractivity contribution in [3.05, 3.63) is 70.7 Å². The molecule has 6 rings (SSSR count). The first-order chi connectivity index (χ1) is 18.0. The maximum absolute atomic E-state index is 14.1. The van der Waals surface area contributed by atoms with Crippen LogP contribution in [0, 0.1) is 5.82 Å². The van der Waals surface area contributed by atoms with E-state index in [0.29, 0.717) is 23.2 Å². The number of aliphatic carboxylic acids is 1. The third-order valence-corrected chi connectivity index (χ3v) is 6.56. The van der Waals surface area contributed by atoms with Crippen LogP contribution in [0.4, 0.5) is 17.6 Å². The van der Waals surface area contributed by atoms with E-state index in [1.165, 1.54) is 12.1 Å². The van der Waals surface area contributed by atoms with Gasteiger partial charge in [0.05, 0.1) is 11.2 Å². The number of halogens is 4. The number of aryl methyl sites for hydroxylation is 2. The Bertz CT molecular complexity index is 1740. The number of nitrogens with zero attached hydrogens (tertiary/aromatic N) is 4. The van der Waals surface area contributed by atoms with E-state index in [9.17, 15) is 22.4 Å². The molecule has 1 unspecified atom stereocenters. The van der Waals surface area contributed by atoms with Crippen molar-refractivity contribution in [2.45, 2.75) is 31.6 Å². The number of nitrogens with two attached hydrogens (primary N) is 1. The summed E-state index contributed by atoms with van der Waals surface area (Å²) in [7, 11) is 1.90. The maximum Gasteiger partial charge on any atom is 0.490 e. The standard InChI is InChI=1S/C23H21FN6O.C2HF3O2/c1-28-12-17(16-10-13(24)6-7-18(16)28)22-26-27-23(31)30(22)21-15-4-2-3-5-19(15)29-9-8-14(25)11-20(21)29;3-2(4,5)1(6)7/h2-7,10,12,14H,8-9,11,25H2,1H3,(H,27,31);(H,6,7). The molecule has 13 heteroatoms. The van der Waals surface area contributed by atoms with Gasteiger partial charge in [0.2, 0.25) is 0 Å². The Morgan fingerprint density at radius 1 is 1.16 bits per heavy atom. The number of aromatic nitrogens is 5. The number of carbonyl (C=O) groups is 1. The van der Waals surface area contributed by atoms with Crippen LogP contribution < -0.4 is 11.4 Å². The number of nitrogens with one attached hydrogen (secondary N) is 1. The van der Waals surface area contributed by atoms with Gasteiger partial charge in [0.25, 0.3) is 0 Å². The first-order valence-corrected chi connectivity index (χ1v) is 11.6. The average Bonchev–Trinajstić information content (AvgIpc) is 3.49. The fraction of sp³-hybridized carbons (Fsp3) is 0.240. The van der Waals surface area contributed by atoms with Gasteiger partial charge in [-0.25, -0.2) is 23.6 Å². The molecule has 4 N–H and O–H groups in total. The van der Waals surface area contributed by atoms with Crippen molar-refractivity contribution in [1.29, 1.82) is 0 Å². The van der Waals surface area contributed by atoms with Crippen LogP contribution >= 0.6 is 0 Å². The van der Waals surface area contributed by atoms with Gasteiger partial charge in [0.1, 0.15) is 5.82 Å². The highest BCUT2D eigenvalue weighted by atomic mass is 19.4. The van der Waals surface area contributed by atoms with E-state index < -0.39 is 12.1 Å². The molecule has 0 bridgehead atoms. The summed E-state index contributed by atoms with van der Waals surface area (Å²) in [5.74, 6) is -2.63. The Hall–Kier alpha value is -4.39. The van der Waals surface area contributed by atoms with Gasteiger partial charge in [-0.05, 0) is 30.7 Å². The number of para-hydroxylation sites is 1. The van der Waals surface area contributed by atoms with Crippen molar-refractivity contribution in [3.8, 4) is 17.1 Å². The van der Waals surface area contributed by atoms with E-state index in [2.05, 4.69) is 20.8 Å². The molecule has 0 saturated carbocycles. The first kappa shape index (κ1) is 25.3. The molecular formula is C25H22F4N6O3. The second-order valence-electron chi connectivity index (χ2n) is 9.02. The Morgan fingerprint density at radius 3 is 2.58 bits per heavy atom. The molecule has 4 heterocycles. The van der Waals surface area contributed by atoms with E-state index in [0.717, 1.165) is 40.8 Å². The largest absolute Gasteiger partial charge is 0.490 e. The van der Waals surface area contributed by atoms with Crippen LogP contribution in [0.2, 0.25) is 0 Å². The number of hydrogen-bond donors (Lipinski definition) is 3. The molecule has 5 aromatic rings. The van der Waals surface area contributed by atoms with Crippen molar-refractivity contribution < 1.29 is 27.5 Å². The van der Waals surface area contributed by atoms with Crippen molar-refractivity contribution in [1.82, 2.24) is 23.9 Å². The van der Waals surface area contributed by atoms with Crippen LogP contribution in [0.3, 0.4) is 0 Å². The van der Waals surface area contributed by atoms with E-state index in [1.807, 2.05) is 36.0 Å².